The molecule has 2 aromatic rings. The summed E-state index contributed by atoms with van der Waals surface area (Å²) in [5.41, 5.74) is 2.35. The number of nitrogens with zero attached hydrogens (tertiary/aromatic N) is 1. The molecule has 0 atom stereocenters. The highest BCUT2D eigenvalue weighted by molar-refractivity contribution is 8.19. The van der Waals surface area contributed by atoms with Crippen LogP contribution in [0.2, 0.25) is 5.02 Å². The number of halogens is 1. The van der Waals surface area contributed by atoms with Gasteiger partial charge in [0, 0.05) is 5.02 Å². The fourth-order valence-electron chi connectivity index (χ4n) is 2.20. The van der Waals surface area contributed by atoms with Gasteiger partial charge in [-0.3, -0.25) is 9.59 Å². The molecular weight excluding hydrogens is 318 g/mol. The lowest BCUT2D eigenvalue weighted by atomic mass is 10.1. The second-order valence-electron chi connectivity index (χ2n) is 4.86. The molecule has 3 nitrogen and oxygen atoms in total. The Labute approximate surface area is 137 Å². The second-order valence-corrected chi connectivity index (χ2v) is 6.28. The van der Waals surface area contributed by atoms with Crippen LogP contribution in [-0.2, 0) is 4.79 Å². The van der Waals surface area contributed by atoms with E-state index in [1.807, 2.05) is 37.3 Å². The molecule has 5 heteroatoms. The molecule has 2 amide bonds. The molecule has 3 rings (SSSR count). The predicted octanol–water partition coefficient (Wildman–Crippen LogP) is 4.89. The van der Waals surface area contributed by atoms with Crippen molar-refractivity contribution in [3.8, 4) is 0 Å². The van der Waals surface area contributed by atoms with E-state index in [1.54, 1.807) is 24.3 Å². The summed E-state index contributed by atoms with van der Waals surface area (Å²) < 4.78 is 0. The summed E-state index contributed by atoms with van der Waals surface area (Å²) in [5.74, 6) is -0.292. The van der Waals surface area contributed by atoms with Crippen molar-refractivity contribution in [1.82, 2.24) is 0 Å². The van der Waals surface area contributed by atoms with Crippen LogP contribution < -0.4 is 4.90 Å². The molecule has 0 spiro atoms. The third-order valence-corrected chi connectivity index (χ3v) is 4.44. The summed E-state index contributed by atoms with van der Waals surface area (Å²) >= 11 is 6.80. The number of rotatable bonds is 2. The SMILES string of the molecule is Cc1ccccc1N1C(=O)S/C(=C/c2ccc(Cl)cc2)C1=O. The Hall–Kier alpha value is -2.04. The number of para-hydroxylation sites is 1. The van der Waals surface area contributed by atoms with Crippen molar-refractivity contribution in [2.75, 3.05) is 4.90 Å². The van der Waals surface area contributed by atoms with E-state index in [-0.39, 0.29) is 11.1 Å². The van der Waals surface area contributed by atoms with Crippen molar-refractivity contribution in [3.63, 3.8) is 0 Å². The lowest BCUT2D eigenvalue weighted by Gasteiger charge is -2.14. The summed E-state index contributed by atoms with van der Waals surface area (Å²) in [5, 5.41) is 0.352. The molecule has 2 aromatic carbocycles. The van der Waals surface area contributed by atoms with E-state index in [4.69, 9.17) is 11.6 Å². The first-order valence-electron chi connectivity index (χ1n) is 6.65. The van der Waals surface area contributed by atoms with E-state index >= 15 is 0 Å². The summed E-state index contributed by atoms with van der Waals surface area (Å²) in [6.45, 7) is 1.88. The summed E-state index contributed by atoms with van der Waals surface area (Å²) in [6, 6.07) is 14.5. The lowest BCUT2D eigenvalue weighted by molar-refractivity contribution is -0.113. The fourth-order valence-corrected chi connectivity index (χ4v) is 3.16. The van der Waals surface area contributed by atoms with Crippen molar-refractivity contribution in [2.45, 2.75) is 6.92 Å². The van der Waals surface area contributed by atoms with Gasteiger partial charge in [-0.15, -0.1) is 0 Å². The van der Waals surface area contributed by atoms with Crippen LogP contribution in [0.3, 0.4) is 0 Å². The van der Waals surface area contributed by atoms with Gasteiger partial charge in [0.2, 0.25) is 0 Å². The maximum absolute atomic E-state index is 12.5. The van der Waals surface area contributed by atoms with E-state index in [2.05, 4.69) is 0 Å². The number of benzene rings is 2. The first-order chi connectivity index (χ1) is 10.6. The van der Waals surface area contributed by atoms with Crippen LogP contribution in [0.5, 0.6) is 0 Å². The highest BCUT2D eigenvalue weighted by atomic mass is 35.5. The Bertz CT molecular complexity index is 784. The van der Waals surface area contributed by atoms with Gasteiger partial charge in [0.1, 0.15) is 0 Å². The van der Waals surface area contributed by atoms with Gasteiger partial charge in [-0.05, 0) is 54.1 Å². The van der Waals surface area contributed by atoms with Gasteiger partial charge in [0.25, 0.3) is 11.1 Å². The predicted molar refractivity (Wildman–Crippen MR) is 91.1 cm³/mol. The maximum atomic E-state index is 12.5. The van der Waals surface area contributed by atoms with Crippen LogP contribution in [0.15, 0.2) is 53.4 Å². The third-order valence-electron chi connectivity index (χ3n) is 3.32. The van der Waals surface area contributed by atoms with Crippen molar-refractivity contribution >= 4 is 46.3 Å². The standard InChI is InChI=1S/C17H12ClNO2S/c1-11-4-2-3-5-14(11)19-16(20)15(22-17(19)21)10-12-6-8-13(18)9-7-12/h2-10H,1H3/b15-10+. The quantitative estimate of drug-likeness (QED) is 0.736. The Morgan fingerprint density at radius 3 is 2.41 bits per heavy atom. The number of carbonyl (C=O) groups is 2. The Morgan fingerprint density at radius 2 is 1.73 bits per heavy atom. The van der Waals surface area contributed by atoms with Crippen LogP contribution in [0.1, 0.15) is 11.1 Å². The molecule has 0 aliphatic carbocycles. The number of anilines is 1. The van der Waals surface area contributed by atoms with E-state index in [9.17, 15) is 9.59 Å². The van der Waals surface area contributed by atoms with E-state index in [0.29, 0.717) is 15.6 Å². The highest BCUT2D eigenvalue weighted by Gasteiger charge is 2.36. The second kappa shape index (κ2) is 5.99. The molecule has 110 valence electrons. The third kappa shape index (κ3) is 2.80. The molecule has 0 saturated carbocycles. The van der Waals surface area contributed by atoms with Gasteiger partial charge in [0.15, 0.2) is 0 Å². The van der Waals surface area contributed by atoms with Gasteiger partial charge in [-0.1, -0.05) is 41.9 Å². The van der Waals surface area contributed by atoms with E-state index in [1.165, 1.54) is 4.90 Å². The number of amides is 2. The molecule has 0 unspecified atom stereocenters. The molecule has 22 heavy (non-hydrogen) atoms. The number of imide groups is 1. The first kappa shape index (κ1) is 14.9. The van der Waals surface area contributed by atoms with Gasteiger partial charge < -0.3 is 0 Å². The molecule has 1 saturated heterocycles. The van der Waals surface area contributed by atoms with Crippen molar-refractivity contribution < 1.29 is 9.59 Å². The zero-order valence-electron chi connectivity index (χ0n) is 11.7. The first-order valence-corrected chi connectivity index (χ1v) is 7.85. The minimum Gasteiger partial charge on any atom is -0.268 e. The van der Waals surface area contributed by atoms with Gasteiger partial charge in [-0.2, -0.15) is 0 Å². The number of aryl methyl sites for hydroxylation is 1. The van der Waals surface area contributed by atoms with Crippen molar-refractivity contribution in [3.05, 3.63) is 69.6 Å². The average Bonchev–Trinajstić information content (AvgIpc) is 2.77. The Balaban J connectivity index is 1.95. The molecule has 1 heterocycles. The van der Waals surface area contributed by atoms with E-state index < -0.39 is 0 Å². The van der Waals surface area contributed by atoms with Crippen LogP contribution in [0.4, 0.5) is 10.5 Å². The zero-order valence-corrected chi connectivity index (χ0v) is 13.3. The van der Waals surface area contributed by atoms with Gasteiger partial charge in [0.05, 0.1) is 10.6 Å². The molecule has 0 radical (unpaired) electrons. The molecule has 1 aliphatic heterocycles. The van der Waals surface area contributed by atoms with Crippen molar-refractivity contribution in [2.24, 2.45) is 0 Å². The molecule has 0 bridgehead atoms. The number of hydrogen-bond donors (Lipinski definition) is 0. The fraction of sp³-hybridized carbons (Fsp3) is 0.0588. The summed E-state index contributed by atoms with van der Waals surface area (Å²) in [4.78, 5) is 26.4. The van der Waals surface area contributed by atoms with Crippen molar-refractivity contribution in [1.29, 1.82) is 0 Å². The largest absolute Gasteiger partial charge is 0.298 e. The lowest BCUT2D eigenvalue weighted by Crippen LogP contribution is -2.28. The summed E-state index contributed by atoms with van der Waals surface area (Å²) in [7, 11) is 0. The monoisotopic (exact) mass is 329 g/mol. The van der Waals surface area contributed by atoms with Crippen LogP contribution in [-0.4, -0.2) is 11.1 Å². The van der Waals surface area contributed by atoms with Crippen LogP contribution >= 0.6 is 23.4 Å². The smallest absolute Gasteiger partial charge is 0.268 e. The average molecular weight is 330 g/mol. The molecule has 0 aromatic heterocycles. The Morgan fingerprint density at radius 1 is 1.05 bits per heavy atom. The normalized spacial score (nSPS) is 16.6. The van der Waals surface area contributed by atoms with Crippen LogP contribution in [0, 0.1) is 6.92 Å². The number of thioether (sulfide) groups is 1. The topological polar surface area (TPSA) is 37.4 Å². The van der Waals surface area contributed by atoms with Gasteiger partial charge >= 0.3 is 0 Å². The minimum atomic E-state index is -0.292. The molecular formula is C17H12ClNO2S. The zero-order chi connectivity index (χ0) is 15.7. The molecule has 1 fully saturated rings. The minimum absolute atomic E-state index is 0.278. The van der Waals surface area contributed by atoms with Gasteiger partial charge in [-0.25, -0.2) is 4.90 Å². The molecule has 0 N–H and O–H groups in total. The van der Waals surface area contributed by atoms with E-state index in [0.717, 1.165) is 22.9 Å². The number of hydrogen-bond acceptors (Lipinski definition) is 3. The summed E-state index contributed by atoms with van der Waals surface area (Å²) in [6.07, 6.45) is 1.71. The highest BCUT2D eigenvalue weighted by Crippen LogP contribution is 2.36. The maximum Gasteiger partial charge on any atom is 0.298 e. The number of carbonyl (C=O) groups excluding carboxylic acids is 2. The molecule has 1 aliphatic rings. The Kier molecular flexibility index (Phi) is 4.05. The van der Waals surface area contributed by atoms with Crippen LogP contribution in [0.25, 0.3) is 6.08 Å².